The number of nitrogens with zero attached hydrogens (tertiary/aromatic N) is 2. The van der Waals surface area contributed by atoms with Crippen LogP contribution in [-0.2, 0) is 33.3 Å². The van der Waals surface area contributed by atoms with Crippen molar-refractivity contribution >= 4 is 11.9 Å². The van der Waals surface area contributed by atoms with Crippen LogP contribution in [0, 0.1) is 44.3 Å². The minimum absolute atomic E-state index is 0.0208. The maximum absolute atomic E-state index is 13.3. The van der Waals surface area contributed by atoms with E-state index in [1.807, 2.05) is 0 Å². The van der Waals surface area contributed by atoms with Gasteiger partial charge in [-0.15, -0.1) is 0 Å². The fourth-order valence-electron chi connectivity index (χ4n) is 3.78. The molecule has 1 aliphatic rings. The smallest absolute Gasteiger partial charge is 0.313 e. The summed E-state index contributed by atoms with van der Waals surface area (Å²) in [5, 5.41) is 19.5. The molecule has 0 bridgehead atoms. The van der Waals surface area contributed by atoms with Crippen LogP contribution in [0.5, 0.6) is 0 Å². The first-order chi connectivity index (χ1) is 15.3. The third-order valence-electron chi connectivity index (χ3n) is 6.18. The molecule has 0 aromatic heterocycles. The number of epoxide rings is 1. The topological polar surface area (TPSA) is 131 Å². The van der Waals surface area contributed by atoms with Crippen LogP contribution in [0.4, 0.5) is 0 Å². The number of carbonyl (C=O) groups excluding carboxylic acids is 2. The molecule has 1 saturated heterocycles. The summed E-state index contributed by atoms with van der Waals surface area (Å²) in [4.78, 5) is 26.5. The summed E-state index contributed by atoms with van der Waals surface area (Å²) in [5.41, 5.74) is -4.60. The lowest BCUT2D eigenvalue weighted by Gasteiger charge is -2.43. The molecule has 9 heteroatoms. The van der Waals surface area contributed by atoms with Gasteiger partial charge in [0.1, 0.15) is 19.3 Å². The van der Waals surface area contributed by atoms with Crippen molar-refractivity contribution in [3.05, 3.63) is 0 Å². The fourth-order valence-corrected chi connectivity index (χ4v) is 3.78. The molecule has 1 fully saturated rings. The van der Waals surface area contributed by atoms with Crippen molar-refractivity contribution in [2.24, 2.45) is 21.7 Å². The van der Waals surface area contributed by atoms with Crippen LogP contribution >= 0.6 is 0 Å². The van der Waals surface area contributed by atoms with Crippen molar-refractivity contribution < 1.29 is 33.3 Å². The zero-order chi connectivity index (χ0) is 25.3. The highest BCUT2D eigenvalue weighted by Crippen LogP contribution is 2.51. The van der Waals surface area contributed by atoms with Crippen LogP contribution in [0.25, 0.3) is 0 Å². The van der Waals surface area contributed by atoms with Crippen molar-refractivity contribution in [1.29, 1.82) is 10.5 Å². The molecule has 1 aliphatic heterocycles. The Morgan fingerprint density at radius 2 is 1.52 bits per heavy atom. The summed E-state index contributed by atoms with van der Waals surface area (Å²) in [6.07, 6.45) is -0.0228. The van der Waals surface area contributed by atoms with Gasteiger partial charge in [-0.1, -0.05) is 0 Å². The highest BCUT2D eigenvalue weighted by atomic mass is 16.6. The van der Waals surface area contributed by atoms with E-state index in [1.165, 1.54) is 0 Å². The number of esters is 2. The number of hydrogen-bond acceptors (Lipinski definition) is 9. The zero-order valence-corrected chi connectivity index (χ0v) is 21.0. The molecular formula is C24H38N2O7. The lowest BCUT2D eigenvalue weighted by Crippen LogP contribution is -2.49. The minimum atomic E-state index is -1.34. The molecule has 0 N–H and O–H groups in total. The molecule has 0 aromatic carbocycles. The lowest BCUT2D eigenvalue weighted by molar-refractivity contribution is -0.171. The molecule has 0 aliphatic carbocycles. The zero-order valence-electron chi connectivity index (χ0n) is 21.0. The van der Waals surface area contributed by atoms with Crippen LogP contribution in [0.2, 0.25) is 0 Å². The average molecular weight is 467 g/mol. The third kappa shape index (κ3) is 8.26. The van der Waals surface area contributed by atoms with Gasteiger partial charge in [-0.25, -0.2) is 0 Å². The lowest BCUT2D eigenvalue weighted by atomic mass is 9.58. The number of methoxy groups -OCH3 is 1. The first kappa shape index (κ1) is 28.8. The van der Waals surface area contributed by atoms with Gasteiger partial charge in [-0.3, -0.25) is 9.59 Å². The van der Waals surface area contributed by atoms with Gasteiger partial charge in [0.25, 0.3) is 0 Å². The Labute approximate surface area is 197 Å². The van der Waals surface area contributed by atoms with E-state index < -0.39 is 33.6 Å². The highest BCUT2D eigenvalue weighted by Gasteiger charge is 2.56. The molecule has 3 unspecified atom stereocenters. The molecule has 9 nitrogen and oxygen atoms in total. The van der Waals surface area contributed by atoms with Crippen LogP contribution in [-0.4, -0.2) is 64.8 Å². The van der Waals surface area contributed by atoms with E-state index in [-0.39, 0.29) is 38.8 Å². The quantitative estimate of drug-likeness (QED) is 0.203. The number of carbonyl (C=O) groups is 2. The van der Waals surface area contributed by atoms with Gasteiger partial charge < -0.3 is 23.7 Å². The first-order valence-electron chi connectivity index (χ1n) is 11.1. The average Bonchev–Trinajstić information content (AvgIpc) is 3.58. The van der Waals surface area contributed by atoms with E-state index in [4.69, 9.17) is 23.7 Å². The van der Waals surface area contributed by atoms with Gasteiger partial charge in [0.2, 0.25) is 0 Å². The normalized spacial score (nSPS) is 19.4. The summed E-state index contributed by atoms with van der Waals surface area (Å²) >= 11 is 0. The number of hydrogen-bond donors (Lipinski definition) is 0. The largest absolute Gasteiger partial charge is 0.463 e. The Kier molecular flexibility index (Phi) is 10.3. The Morgan fingerprint density at radius 3 is 2.03 bits per heavy atom. The predicted molar refractivity (Wildman–Crippen MR) is 119 cm³/mol. The van der Waals surface area contributed by atoms with Gasteiger partial charge in [-0.2, -0.15) is 10.5 Å². The minimum Gasteiger partial charge on any atom is -0.463 e. The molecular weight excluding hydrogens is 428 g/mol. The molecule has 1 rings (SSSR count). The Hall–Kier alpha value is -2.20. The van der Waals surface area contributed by atoms with E-state index >= 15 is 0 Å². The van der Waals surface area contributed by atoms with Gasteiger partial charge in [0.05, 0.1) is 60.2 Å². The highest BCUT2D eigenvalue weighted by molar-refractivity contribution is 5.82. The van der Waals surface area contributed by atoms with E-state index in [0.717, 1.165) is 0 Å². The van der Waals surface area contributed by atoms with E-state index in [1.54, 1.807) is 48.7 Å². The summed E-state index contributed by atoms with van der Waals surface area (Å²) in [7, 11) is 1.56. The van der Waals surface area contributed by atoms with Crippen molar-refractivity contribution in [2.75, 3.05) is 46.8 Å². The molecule has 0 aromatic rings. The van der Waals surface area contributed by atoms with E-state index in [2.05, 4.69) is 12.1 Å². The first-order valence-corrected chi connectivity index (χ1v) is 11.1. The Bertz CT molecular complexity index is 764. The molecule has 3 atom stereocenters. The molecule has 0 radical (unpaired) electrons. The molecule has 0 amide bonds. The molecule has 0 saturated carbocycles. The molecule has 186 valence electrons. The van der Waals surface area contributed by atoms with Crippen molar-refractivity contribution in [3.63, 3.8) is 0 Å². The summed E-state index contributed by atoms with van der Waals surface area (Å²) in [5.74, 6) is -1.14. The second kappa shape index (κ2) is 11.8. The van der Waals surface area contributed by atoms with E-state index in [0.29, 0.717) is 19.8 Å². The molecule has 33 heavy (non-hydrogen) atoms. The van der Waals surface area contributed by atoms with Gasteiger partial charge in [-0.05, 0) is 54.4 Å². The van der Waals surface area contributed by atoms with Crippen molar-refractivity contribution in [3.8, 4) is 12.1 Å². The van der Waals surface area contributed by atoms with Gasteiger partial charge in [0.15, 0.2) is 0 Å². The second-order valence-electron chi connectivity index (χ2n) is 10.3. The van der Waals surface area contributed by atoms with E-state index in [9.17, 15) is 20.1 Å². The number of nitriles is 2. The van der Waals surface area contributed by atoms with Crippen molar-refractivity contribution in [2.45, 2.75) is 60.5 Å². The van der Waals surface area contributed by atoms with Crippen LogP contribution < -0.4 is 0 Å². The summed E-state index contributed by atoms with van der Waals surface area (Å²) < 4.78 is 26.3. The summed E-state index contributed by atoms with van der Waals surface area (Å²) in [6.45, 7) is 11.7. The SMILES string of the molecule is COCCOCCOC(=O)C(C)(CC(C)(C)C#N)CC(C)(C(=O)OCC1CO1)C(C)(C)C#N. The number of rotatable bonds is 15. The fraction of sp³-hybridized carbons (Fsp3) is 0.833. The second-order valence-corrected chi connectivity index (χ2v) is 10.3. The predicted octanol–water partition coefficient (Wildman–Crippen LogP) is 3.03. The van der Waals surface area contributed by atoms with Crippen LogP contribution in [0.3, 0.4) is 0 Å². The summed E-state index contributed by atoms with van der Waals surface area (Å²) in [6, 6.07) is 4.41. The molecule has 1 heterocycles. The van der Waals surface area contributed by atoms with Crippen LogP contribution in [0.1, 0.15) is 54.4 Å². The van der Waals surface area contributed by atoms with Gasteiger partial charge in [0, 0.05) is 7.11 Å². The maximum atomic E-state index is 13.3. The van der Waals surface area contributed by atoms with Crippen LogP contribution in [0.15, 0.2) is 0 Å². The van der Waals surface area contributed by atoms with Crippen molar-refractivity contribution in [1.82, 2.24) is 0 Å². The number of ether oxygens (including phenoxy) is 5. The Morgan fingerprint density at radius 1 is 0.909 bits per heavy atom. The Balaban J connectivity index is 3.14. The third-order valence-corrected chi connectivity index (χ3v) is 6.18. The standard InChI is InChI=1S/C24H38N2O7/c1-21(2,16-25)14-23(5,19(27)31-11-10-30-9-8-29-7)15-24(6,22(3,4)17-26)20(28)33-13-18-12-32-18/h18H,8-15H2,1-7H3. The molecule has 0 spiro atoms. The maximum Gasteiger partial charge on any atom is 0.313 e. The van der Waals surface area contributed by atoms with Gasteiger partial charge >= 0.3 is 11.9 Å². The monoisotopic (exact) mass is 466 g/mol.